The third-order valence-corrected chi connectivity index (χ3v) is 8.13. The Hall–Kier alpha value is -2.43. The van der Waals surface area contributed by atoms with Crippen LogP contribution in [-0.2, 0) is 17.8 Å². The summed E-state index contributed by atoms with van der Waals surface area (Å²) < 4.78 is 68.9. The van der Waals surface area contributed by atoms with Crippen molar-refractivity contribution in [1.29, 1.82) is 0 Å². The summed E-state index contributed by atoms with van der Waals surface area (Å²) in [5, 5.41) is 16.4. The molecule has 4 atom stereocenters. The average Bonchev–Trinajstić information content (AvgIpc) is 3.07. The summed E-state index contributed by atoms with van der Waals surface area (Å²) in [6.07, 6.45) is -1.95. The lowest BCUT2D eigenvalue weighted by Gasteiger charge is -2.33. The van der Waals surface area contributed by atoms with E-state index in [4.69, 9.17) is 16.3 Å². The number of alkyl halides is 3. The normalized spacial score (nSPS) is 21.5. The number of methoxy groups -OCH3 is 1. The number of rotatable bonds is 10. The molecule has 2 aromatic rings. The first-order valence-electron chi connectivity index (χ1n) is 13.2. The molecule has 0 spiro atoms. The predicted octanol–water partition coefficient (Wildman–Crippen LogP) is 3.41. The van der Waals surface area contributed by atoms with Crippen molar-refractivity contribution >= 4 is 46.0 Å². The Morgan fingerprint density at radius 3 is 2.76 bits per heavy atom. The van der Waals surface area contributed by atoms with Crippen molar-refractivity contribution in [2.75, 3.05) is 55.9 Å². The molecule has 1 unspecified atom stereocenters. The second-order valence-electron chi connectivity index (χ2n) is 10.3. The van der Waals surface area contributed by atoms with Gasteiger partial charge in [-0.3, -0.25) is 9.11 Å². The van der Waals surface area contributed by atoms with Gasteiger partial charge in [0, 0.05) is 62.8 Å². The lowest BCUT2D eigenvalue weighted by atomic mass is 9.84. The number of aliphatic hydroxyl groups excluding tert-OH is 1. The number of anilines is 4. The van der Waals surface area contributed by atoms with Gasteiger partial charge in [-0.05, 0) is 36.5 Å². The summed E-state index contributed by atoms with van der Waals surface area (Å²) in [4.78, 5) is 12.4. The van der Waals surface area contributed by atoms with E-state index in [0.29, 0.717) is 41.9 Å². The van der Waals surface area contributed by atoms with Crippen LogP contribution in [0, 0.1) is 5.92 Å². The maximum atomic E-state index is 13.0. The minimum atomic E-state index is -4.69. The van der Waals surface area contributed by atoms with Crippen LogP contribution in [0.4, 0.5) is 36.3 Å². The van der Waals surface area contributed by atoms with Crippen molar-refractivity contribution in [2.45, 2.75) is 50.6 Å². The van der Waals surface area contributed by atoms with Crippen LogP contribution in [0.3, 0.4) is 0 Å². The number of nitrogens with zero attached hydrogens (tertiary/aromatic N) is 4. The van der Waals surface area contributed by atoms with E-state index in [1.807, 2.05) is 18.0 Å². The zero-order valence-corrected chi connectivity index (χ0v) is 24.3. The summed E-state index contributed by atoms with van der Waals surface area (Å²) in [5.41, 5.74) is 2.09. The minimum Gasteiger partial charge on any atom is -0.760 e. The number of ether oxygens (including phenoxy) is 1. The first-order valence-corrected chi connectivity index (χ1v) is 14.7. The van der Waals surface area contributed by atoms with Gasteiger partial charge < -0.3 is 29.9 Å². The fourth-order valence-corrected chi connectivity index (χ4v) is 5.73. The van der Waals surface area contributed by atoms with E-state index in [1.165, 1.54) is 13.3 Å². The van der Waals surface area contributed by atoms with E-state index in [0.717, 1.165) is 36.9 Å². The van der Waals surface area contributed by atoms with E-state index >= 15 is 0 Å². The minimum absolute atomic E-state index is 0.0328. The molecule has 228 valence electrons. The van der Waals surface area contributed by atoms with Crippen LogP contribution in [0.5, 0.6) is 5.75 Å². The molecule has 1 saturated carbocycles. The highest BCUT2D eigenvalue weighted by Crippen LogP contribution is 2.37. The number of hydrogen-bond donors (Lipinski definition) is 4. The SMILES string of the molecule is COc1cc2c(cc1Nc1ncc(Cl)c(N[C@@H]3CCCC[C@@H]3CNS(=O)[O-])n1)N(C)CCN(C[C@@H](O)C(F)(F)F)C2. The first-order chi connectivity index (χ1) is 19.4. The van der Waals surface area contributed by atoms with Crippen molar-refractivity contribution in [3.63, 3.8) is 0 Å². The molecular weight excluding hydrogens is 587 g/mol. The van der Waals surface area contributed by atoms with Crippen molar-refractivity contribution < 1.29 is 31.8 Å². The van der Waals surface area contributed by atoms with Crippen LogP contribution < -0.4 is 25.0 Å². The Kier molecular flexibility index (Phi) is 10.5. The first kappa shape index (κ1) is 31.5. The zero-order chi connectivity index (χ0) is 29.7. The van der Waals surface area contributed by atoms with E-state index in [9.17, 15) is 27.0 Å². The highest BCUT2D eigenvalue weighted by atomic mass is 35.5. The molecule has 1 fully saturated rings. The molecule has 11 nitrogen and oxygen atoms in total. The van der Waals surface area contributed by atoms with Crippen LogP contribution in [0.25, 0.3) is 0 Å². The molecule has 0 radical (unpaired) electrons. The van der Waals surface area contributed by atoms with Gasteiger partial charge in [0.15, 0.2) is 11.9 Å². The molecule has 2 aliphatic rings. The smallest absolute Gasteiger partial charge is 0.415 e. The largest absolute Gasteiger partial charge is 0.760 e. The van der Waals surface area contributed by atoms with Crippen LogP contribution in [-0.4, -0.2) is 87.4 Å². The number of likely N-dealkylation sites (N-methyl/N-ethyl adjacent to an activating group) is 1. The van der Waals surface area contributed by atoms with E-state index < -0.39 is 30.1 Å². The van der Waals surface area contributed by atoms with Crippen molar-refractivity contribution in [3.8, 4) is 5.75 Å². The lowest BCUT2D eigenvalue weighted by molar-refractivity contribution is -0.208. The lowest BCUT2D eigenvalue weighted by Crippen LogP contribution is -2.42. The Morgan fingerprint density at radius 1 is 1.29 bits per heavy atom. The average molecular weight is 621 g/mol. The molecule has 1 aromatic carbocycles. The van der Waals surface area contributed by atoms with Gasteiger partial charge in [-0.2, -0.15) is 18.2 Å². The van der Waals surface area contributed by atoms with Crippen molar-refractivity contribution in [3.05, 3.63) is 28.9 Å². The highest BCUT2D eigenvalue weighted by Gasteiger charge is 2.39. The third kappa shape index (κ3) is 8.32. The summed E-state index contributed by atoms with van der Waals surface area (Å²) in [7, 11) is 3.33. The van der Waals surface area contributed by atoms with Gasteiger partial charge in [0.25, 0.3) is 0 Å². The number of halogens is 4. The van der Waals surface area contributed by atoms with E-state index in [2.05, 4.69) is 25.3 Å². The van der Waals surface area contributed by atoms with Gasteiger partial charge in [-0.25, -0.2) is 9.71 Å². The maximum Gasteiger partial charge on any atom is 0.415 e. The fraction of sp³-hybridized carbons (Fsp3) is 0.600. The number of hydrogen-bond acceptors (Lipinski definition) is 10. The number of aliphatic hydroxyl groups is 1. The van der Waals surface area contributed by atoms with Crippen molar-refractivity contribution in [1.82, 2.24) is 19.6 Å². The second kappa shape index (κ2) is 13.7. The van der Waals surface area contributed by atoms with Gasteiger partial charge in [-0.1, -0.05) is 24.4 Å². The monoisotopic (exact) mass is 620 g/mol. The topological polar surface area (TPSA) is 138 Å². The highest BCUT2D eigenvalue weighted by molar-refractivity contribution is 7.77. The van der Waals surface area contributed by atoms with Gasteiger partial charge in [-0.15, -0.1) is 0 Å². The number of aromatic nitrogens is 2. The van der Waals surface area contributed by atoms with E-state index in [-0.39, 0.29) is 24.5 Å². The molecule has 0 bridgehead atoms. The Balaban J connectivity index is 1.53. The van der Waals surface area contributed by atoms with Gasteiger partial charge in [0.05, 0.1) is 19.0 Å². The Morgan fingerprint density at radius 2 is 2.05 bits per heavy atom. The molecule has 0 amide bonds. The van der Waals surface area contributed by atoms with Crippen LogP contribution in [0.1, 0.15) is 31.2 Å². The molecule has 16 heteroatoms. The third-order valence-electron chi connectivity index (χ3n) is 7.45. The standard InChI is InChI=1S/C25H35ClF3N7O4S/c1-35-7-8-36(14-22(37)25(27,28)29)13-16-9-21(40-2)19(10-20(16)35)33-24-30-12-17(26)23(34-24)32-18-6-4-3-5-15(18)11-31-41(38)39/h9-10,12,15,18,22,31,37H,3-8,11,13-14H2,1-2H3,(H,38,39)(H2,30,32,33,34)/p-1/t15-,18-,22-/m1/s1. The number of nitrogens with one attached hydrogen (secondary N) is 3. The molecule has 1 aliphatic heterocycles. The molecule has 1 aliphatic carbocycles. The van der Waals surface area contributed by atoms with Crippen LogP contribution in [0.15, 0.2) is 18.3 Å². The number of benzene rings is 1. The van der Waals surface area contributed by atoms with Crippen LogP contribution in [0.2, 0.25) is 5.02 Å². The van der Waals surface area contributed by atoms with Gasteiger partial charge in [0.2, 0.25) is 5.95 Å². The molecule has 4 N–H and O–H groups in total. The molecule has 41 heavy (non-hydrogen) atoms. The summed E-state index contributed by atoms with van der Waals surface area (Å²) in [5.74, 6) is 1.16. The summed E-state index contributed by atoms with van der Waals surface area (Å²) in [6, 6.07) is 3.55. The van der Waals surface area contributed by atoms with E-state index in [1.54, 1.807) is 11.0 Å². The van der Waals surface area contributed by atoms with Crippen molar-refractivity contribution in [2.24, 2.45) is 5.92 Å². The van der Waals surface area contributed by atoms with Gasteiger partial charge >= 0.3 is 6.18 Å². The number of β-amino-alcohol motifs (C(OH)–C–C–N with tert-alkyl or cyclic N) is 1. The molecule has 1 aromatic heterocycles. The zero-order valence-electron chi connectivity index (χ0n) is 22.7. The van der Waals surface area contributed by atoms with Crippen LogP contribution >= 0.6 is 11.6 Å². The molecule has 4 rings (SSSR count). The fourth-order valence-electron chi connectivity index (χ4n) is 5.24. The predicted molar refractivity (Wildman–Crippen MR) is 150 cm³/mol. The summed E-state index contributed by atoms with van der Waals surface area (Å²) >= 11 is 4.07. The molecule has 0 saturated heterocycles. The molecule has 2 heterocycles. The second-order valence-corrected chi connectivity index (χ2v) is 11.5. The Labute approximate surface area is 244 Å². The van der Waals surface area contributed by atoms with Gasteiger partial charge in [0.1, 0.15) is 10.8 Å². The quantitative estimate of drug-likeness (QED) is 0.292. The molecular formula is C25H34ClF3N7O4S-. The maximum absolute atomic E-state index is 13.0. The Bertz CT molecular complexity index is 1230. The number of fused-ring (bicyclic) bond motifs is 1. The summed E-state index contributed by atoms with van der Waals surface area (Å²) in [6.45, 7) is 0.772.